The van der Waals surface area contributed by atoms with E-state index in [2.05, 4.69) is 29.8 Å². The zero-order valence-corrected chi connectivity index (χ0v) is 11.1. The highest BCUT2D eigenvalue weighted by Crippen LogP contribution is 2.26. The minimum Gasteiger partial charge on any atom is -0.294 e. The van der Waals surface area contributed by atoms with Crippen LogP contribution in [-0.2, 0) is 0 Å². The van der Waals surface area contributed by atoms with Gasteiger partial charge in [0.25, 0.3) is 0 Å². The van der Waals surface area contributed by atoms with E-state index in [0.29, 0.717) is 12.3 Å². The predicted molar refractivity (Wildman–Crippen MR) is 67.5 cm³/mol. The summed E-state index contributed by atoms with van der Waals surface area (Å²) in [7, 11) is 0. The summed E-state index contributed by atoms with van der Waals surface area (Å²) in [5, 5.41) is 0. The van der Waals surface area contributed by atoms with Crippen molar-refractivity contribution in [3.63, 3.8) is 0 Å². The second-order valence-electron chi connectivity index (χ2n) is 4.06. The average Bonchev–Trinajstić information content (AvgIpc) is 2.17. The van der Waals surface area contributed by atoms with Gasteiger partial charge in [-0.3, -0.25) is 4.79 Å². The van der Waals surface area contributed by atoms with Crippen LogP contribution in [0.25, 0.3) is 0 Å². The quantitative estimate of drug-likeness (QED) is 0.732. The van der Waals surface area contributed by atoms with Crippen molar-refractivity contribution in [3.05, 3.63) is 33.8 Å². The van der Waals surface area contributed by atoms with Crippen LogP contribution in [0.3, 0.4) is 0 Å². The van der Waals surface area contributed by atoms with Gasteiger partial charge in [-0.1, -0.05) is 48.8 Å². The molecule has 0 radical (unpaired) electrons. The van der Waals surface area contributed by atoms with E-state index in [-0.39, 0.29) is 5.78 Å². The minimum atomic E-state index is 0.230. The Morgan fingerprint density at radius 2 is 2.07 bits per heavy atom. The summed E-state index contributed by atoms with van der Waals surface area (Å²) in [6.45, 7) is 6.32. The molecule has 0 heterocycles. The monoisotopic (exact) mass is 268 g/mol. The smallest absolute Gasteiger partial charge is 0.162 e. The number of benzene rings is 1. The Hall–Kier alpha value is -0.630. The van der Waals surface area contributed by atoms with E-state index in [1.54, 1.807) is 0 Å². The predicted octanol–water partition coefficient (Wildman–Crippen LogP) is 4.56. The maximum absolute atomic E-state index is 11.7. The molecule has 1 aromatic rings. The molecule has 0 bridgehead atoms. The number of Topliss-reactive ketones (excluding diaryl/α,β-unsaturated/α-hetero) is 1. The zero-order valence-electron chi connectivity index (χ0n) is 9.51. The highest BCUT2D eigenvalue weighted by Gasteiger charge is 2.09. The van der Waals surface area contributed by atoms with Crippen molar-refractivity contribution in [1.29, 1.82) is 0 Å². The van der Waals surface area contributed by atoms with Gasteiger partial charge in [-0.25, -0.2) is 0 Å². The molecule has 15 heavy (non-hydrogen) atoms. The van der Waals surface area contributed by atoms with E-state index in [1.807, 2.05) is 25.1 Å². The van der Waals surface area contributed by atoms with Crippen LogP contribution in [0.5, 0.6) is 0 Å². The first-order valence-corrected chi connectivity index (χ1v) is 6.18. The number of halogens is 1. The van der Waals surface area contributed by atoms with E-state index < -0.39 is 0 Å². The molecule has 2 heteroatoms. The third-order valence-electron chi connectivity index (χ3n) is 2.42. The molecule has 0 aromatic heterocycles. The Kier molecular flexibility index (Phi) is 4.52. The molecule has 0 saturated carbocycles. The summed E-state index contributed by atoms with van der Waals surface area (Å²) < 4.78 is 1.04. The second kappa shape index (κ2) is 5.45. The summed E-state index contributed by atoms with van der Waals surface area (Å²) in [4.78, 5) is 11.7. The summed E-state index contributed by atoms with van der Waals surface area (Å²) in [6.07, 6.45) is 1.54. The molecule has 1 nitrogen and oxygen atoms in total. The summed E-state index contributed by atoms with van der Waals surface area (Å²) in [5.74, 6) is 0.711. The number of hydrogen-bond donors (Lipinski definition) is 0. The van der Waals surface area contributed by atoms with Crippen molar-refractivity contribution in [2.24, 2.45) is 0 Å². The van der Waals surface area contributed by atoms with Crippen molar-refractivity contribution >= 4 is 21.7 Å². The Labute approximate surface area is 100 Å². The van der Waals surface area contributed by atoms with Crippen LogP contribution in [0.4, 0.5) is 0 Å². The Morgan fingerprint density at radius 3 is 2.53 bits per heavy atom. The standard InChI is InChI=1S/C13H17BrO/c1-4-5-13(15)10-6-7-11(9(2)3)12(14)8-10/h6-9H,4-5H2,1-3H3. The number of carbonyl (C=O) groups excluding carboxylic acids is 1. The van der Waals surface area contributed by atoms with Gasteiger partial charge in [0, 0.05) is 16.5 Å². The zero-order chi connectivity index (χ0) is 11.4. The topological polar surface area (TPSA) is 17.1 Å². The van der Waals surface area contributed by atoms with E-state index in [9.17, 15) is 4.79 Å². The van der Waals surface area contributed by atoms with Crippen LogP contribution in [0.2, 0.25) is 0 Å². The fourth-order valence-corrected chi connectivity index (χ4v) is 2.38. The lowest BCUT2D eigenvalue weighted by molar-refractivity contribution is 0.0981. The maximum atomic E-state index is 11.7. The lowest BCUT2D eigenvalue weighted by Gasteiger charge is -2.09. The number of ketones is 1. The van der Waals surface area contributed by atoms with Crippen LogP contribution < -0.4 is 0 Å². The van der Waals surface area contributed by atoms with Crippen molar-refractivity contribution in [2.45, 2.75) is 39.5 Å². The van der Waals surface area contributed by atoms with E-state index >= 15 is 0 Å². The fourth-order valence-electron chi connectivity index (χ4n) is 1.54. The normalized spacial score (nSPS) is 10.7. The lowest BCUT2D eigenvalue weighted by Crippen LogP contribution is -1.99. The molecule has 1 rings (SSSR count). The Balaban J connectivity index is 2.96. The molecule has 0 amide bonds. The van der Waals surface area contributed by atoms with Crippen molar-refractivity contribution < 1.29 is 4.79 Å². The molecule has 0 aliphatic heterocycles. The molecule has 0 spiro atoms. The van der Waals surface area contributed by atoms with Gasteiger partial charge < -0.3 is 0 Å². The number of carbonyl (C=O) groups is 1. The van der Waals surface area contributed by atoms with Gasteiger partial charge in [-0.05, 0) is 24.0 Å². The minimum absolute atomic E-state index is 0.230. The molecule has 0 unspecified atom stereocenters. The highest BCUT2D eigenvalue weighted by atomic mass is 79.9. The van der Waals surface area contributed by atoms with Gasteiger partial charge in [0.1, 0.15) is 0 Å². The van der Waals surface area contributed by atoms with Gasteiger partial charge in [0.15, 0.2) is 5.78 Å². The first-order valence-electron chi connectivity index (χ1n) is 5.39. The molecule has 0 aliphatic rings. The first kappa shape index (κ1) is 12.4. The van der Waals surface area contributed by atoms with Crippen LogP contribution in [-0.4, -0.2) is 5.78 Å². The van der Waals surface area contributed by atoms with Crippen LogP contribution in [0, 0.1) is 0 Å². The maximum Gasteiger partial charge on any atom is 0.162 e. The van der Waals surface area contributed by atoms with Crippen molar-refractivity contribution in [3.8, 4) is 0 Å². The first-order chi connectivity index (χ1) is 7.06. The summed E-state index contributed by atoms with van der Waals surface area (Å²) in [6, 6.07) is 5.91. The van der Waals surface area contributed by atoms with Crippen molar-refractivity contribution in [1.82, 2.24) is 0 Å². The summed E-state index contributed by atoms with van der Waals surface area (Å²) in [5.41, 5.74) is 2.07. The second-order valence-corrected chi connectivity index (χ2v) is 4.92. The molecule has 0 aliphatic carbocycles. The fraction of sp³-hybridized carbons (Fsp3) is 0.462. The molecular weight excluding hydrogens is 252 g/mol. The van der Waals surface area contributed by atoms with Gasteiger partial charge in [0.05, 0.1) is 0 Å². The molecule has 1 aromatic carbocycles. The van der Waals surface area contributed by atoms with Crippen molar-refractivity contribution in [2.75, 3.05) is 0 Å². The van der Waals surface area contributed by atoms with Crippen LogP contribution in [0.1, 0.15) is 55.5 Å². The number of hydrogen-bond acceptors (Lipinski definition) is 1. The van der Waals surface area contributed by atoms with E-state index in [1.165, 1.54) is 5.56 Å². The highest BCUT2D eigenvalue weighted by molar-refractivity contribution is 9.10. The van der Waals surface area contributed by atoms with Gasteiger partial charge in [-0.15, -0.1) is 0 Å². The molecule has 0 saturated heterocycles. The van der Waals surface area contributed by atoms with Crippen LogP contribution >= 0.6 is 15.9 Å². The van der Waals surface area contributed by atoms with Gasteiger partial charge >= 0.3 is 0 Å². The van der Waals surface area contributed by atoms with E-state index in [0.717, 1.165) is 16.5 Å². The van der Waals surface area contributed by atoms with Crippen LogP contribution in [0.15, 0.2) is 22.7 Å². The molecular formula is C13H17BrO. The lowest BCUT2D eigenvalue weighted by atomic mass is 9.99. The third kappa shape index (κ3) is 3.16. The summed E-state index contributed by atoms with van der Waals surface area (Å²) >= 11 is 3.51. The van der Waals surface area contributed by atoms with E-state index in [4.69, 9.17) is 0 Å². The Morgan fingerprint density at radius 1 is 1.40 bits per heavy atom. The van der Waals surface area contributed by atoms with Gasteiger partial charge in [0.2, 0.25) is 0 Å². The van der Waals surface area contributed by atoms with Gasteiger partial charge in [-0.2, -0.15) is 0 Å². The Bertz CT molecular complexity index is 356. The largest absolute Gasteiger partial charge is 0.294 e. The molecule has 0 fully saturated rings. The molecule has 0 atom stereocenters. The molecule has 0 N–H and O–H groups in total. The SMILES string of the molecule is CCCC(=O)c1ccc(C(C)C)c(Br)c1. The third-order valence-corrected chi connectivity index (χ3v) is 3.11. The number of rotatable bonds is 4. The molecule has 82 valence electrons. The average molecular weight is 269 g/mol.